The number of thiazole rings is 1. The van der Waals surface area contributed by atoms with E-state index in [2.05, 4.69) is 16.4 Å². The van der Waals surface area contributed by atoms with Crippen LogP contribution in [0.1, 0.15) is 21.9 Å². The maximum atomic E-state index is 12.5. The van der Waals surface area contributed by atoms with E-state index < -0.39 is 0 Å². The van der Waals surface area contributed by atoms with Crippen molar-refractivity contribution in [1.82, 2.24) is 4.98 Å². The van der Waals surface area contributed by atoms with Crippen molar-refractivity contribution in [2.45, 2.75) is 13.8 Å². The molecule has 0 bridgehead atoms. The minimum Gasteiger partial charge on any atom is -0.466 e. The number of carbonyl (C=O) groups excluding carboxylic acids is 1. The monoisotopic (exact) mass is 354 g/mol. The SMILES string of the molecule is Cc1cc(C(=O)Nc2sccc2-c2nc3ccccc3s2)c(C)o1. The average Bonchev–Trinajstić information content (AvgIpc) is 3.24. The molecule has 4 rings (SSSR count). The Kier molecular flexibility index (Phi) is 3.70. The van der Waals surface area contributed by atoms with Crippen LogP contribution in [0.25, 0.3) is 20.8 Å². The normalized spacial score (nSPS) is 11.1. The van der Waals surface area contributed by atoms with Crippen molar-refractivity contribution >= 4 is 43.8 Å². The Morgan fingerprint density at radius 2 is 2.04 bits per heavy atom. The summed E-state index contributed by atoms with van der Waals surface area (Å²) in [6, 6.07) is 11.8. The maximum Gasteiger partial charge on any atom is 0.259 e. The first-order valence-corrected chi connectivity index (χ1v) is 9.13. The van der Waals surface area contributed by atoms with E-state index in [0.29, 0.717) is 11.3 Å². The lowest BCUT2D eigenvalue weighted by atomic mass is 10.2. The van der Waals surface area contributed by atoms with Crippen molar-refractivity contribution in [1.29, 1.82) is 0 Å². The van der Waals surface area contributed by atoms with E-state index in [1.165, 1.54) is 11.3 Å². The quantitative estimate of drug-likeness (QED) is 0.529. The number of para-hydroxylation sites is 1. The Balaban J connectivity index is 1.67. The summed E-state index contributed by atoms with van der Waals surface area (Å²) < 4.78 is 6.58. The van der Waals surface area contributed by atoms with E-state index in [0.717, 1.165) is 31.5 Å². The zero-order valence-electron chi connectivity index (χ0n) is 13.1. The van der Waals surface area contributed by atoms with Crippen LogP contribution < -0.4 is 5.32 Å². The maximum absolute atomic E-state index is 12.5. The van der Waals surface area contributed by atoms with Crippen LogP contribution in [0.15, 0.2) is 46.2 Å². The standard InChI is InChI=1S/C18H14N2O2S2/c1-10-9-13(11(2)22-10)16(21)20-17-12(7-8-23-17)18-19-14-5-3-4-6-15(14)24-18/h3-9H,1-2H3,(H,20,21). The van der Waals surface area contributed by atoms with Crippen molar-refractivity contribution in [3.8, 4) is 10.6 Å². The molecule has 0 aliphatic carbocycles. The summed E-state index contributed by atoms with van der Waals surface area (Å²) in [5, 5.41) is 6.67. The van der Waals surface area contributed by atoms with Gasteiger partial charge in [0.25, 0.3) is 5.91 Å². The highest BCUT2D eigenvalue weighted by molar-refractivity contribution is 7.22. The van der Waals surface area contributed by atoms with Crippen LogP contribution in [0, 0.1) is 13.8 Å². The molecule has 0 fully saturated rings. The Hall–Kier alpha value is -2.44. The molecule has 1 aromatic carbocycles. The van der Waals surface area contributed by atoms with E-state index in [9.17, 15) is 4.79 Å². The Morgan fingerprint density at radius 1 is 1.21 bits per heavy atom. The number of rotatable bonds is 3. The molecular formula is C18H14N2O2S2. The zero-order valence-corrected chi connectivity index (χ0v) is 14.8. The molecule has 6 heteroatoms. The number of carbonyl (C=O) groups is 1. The molecule has 120 valence electrons. The molecule has 3 heterocycles. The molecule has 0 unspecified atom stereocenters. The van der Waals surface area contributed by atoms with Gasteiger partial charge in [-0.15, -0.1) is 22.7 Å². The predicted octanol–water partition coefficient (Wildman–Crippen LogP) is 5.49. The van der Waals surface area contributed by atoms with Crippen molar-refractivity contribution in [2.24, 2.45) is 0 Å². The lowest BCUT2D eigenvalue weighted by Gasteiger charge is -2.03. The second kappa shape index (κ2) is 5.89. The first-order chi connectivity index (χ1) is 11.6. The molecule has 0 aliphatic rings. The molecule has 1 amide bonds. The summed E-state index contributed by atoms with van der Waals surface area (Å²) in [7, 11) is 0. The summed E-state index contributed by atoms with van der Waals surface area (Å²) in [4.78, 5) is 17.2. The fourth-order valence-electron chi connectivity index (χ4n) is 2.59. The second-order valence-electron chi connectivity index (χ2n) is 5.43. The van der Waals surface area contributed by atoms with E-state index in [-0.39, 0.29) is 5.91 Å². The fraction of sp³-hybridized carbons (Fsp3) is 0.111. The van der Waals surface area contributed by atoms with Gasteiger partial charge in [-0.2, -0.15) is 0 Å². The molecule has 0 saturated heterocycles. The predicted molar refractivity (Wildman–Crippen MR) is 99.1 cm³/mol. The summed E-state index contributed by atoms with van der Waals surface area (Å²) in [6.07, 6.45) is 0. The number of anilines is 1. The smallest absolute Gasteiger partial charge is 0.259 e. The Bertz CT molecular complexity index is 1010. The van der Waals surface area contributed by atoms with Crippen LogP contribution in [-0.2, 0) is 0 Å². The number of furan rings is 1. The largest absolute Gasteiger partial charge is 0.466 e. The van der Waals surface area contributed by atoms with Crippen LogP contribution in [0.5, 0.6) is 0 Å². The van der Waals surface area contributed by atoms with Gasteiger partial charge in [-0.25, -0.2) is 4.98 Å². The number of aryl methyl sites for hydroxylation is 2. The highest BCUT2D eigenvalue weighted by Crippen LogP contribution is 2.38. The highest BCUT2D eigenvalue weighted by atomic mass is 32.1. The third-order valence-electron chi connectivity index (χ3n) is 3.70. The molecule has 0 aliphatic heterocycles. The van der Waals surface area contributed by atoms with E-state index in [1.807, 2.05) is 36.6 Å². The molecule has 4 aromatic rings. The fourth-order valence-corrected chi connectivity index (χ4v) is 4.43. The van der Waals surface area contributed by atoms with Crippen molar-refractivity contribution in [3.63, 3.8) is 0 Å². The van der Waals surface area contributed by atoms with Gasteiger partial charge in [-0.05, 0) is 43.5 Å². The van der Waals surface area contributed by atoms with Gasteiger partial charge in [-0.3, -0.25) is 4.79 Å². The van der Waals surface area contributed by atoms with Gasteiger partial charge in [0.05, 0.1) is 15.8 Å². The third kappa shape index (κ3) is 2.64. The topological polar surface area (TPSA) is 55.1 Å². The number of thiophene rings is 1. The molecule has 0 radical (unpaired) electrons. The number of nitrogens with one attached hydrogen (secondary N) is 1. The van der Waals surface area contributed by atoms with Crippen LogP contribution >= 0.6 is 22.7 Å². The molecule has 0 spiro atoms. The number of aromatic nitrogens is 1. The van der Waals surface area contributed by atoms with Crippen molar-refractivity contribution in [2.75, 3.05) is 5.32 Å². The first-order valence-electron chi connectivity index (χ1n) is 7.43. The van der Waals surface area contributed by atoms with Crippen LogP contribution in [0.3, 0.4) is 0 Å². The summed E-state index contributed by atoms with van der Waals surface area (Å²) >= 11 is 3.12. The van der Waals surface area contributed by atoms with Gasteiger partial charge < -0.3 is 9.73 Å². The molecule has 4 nitrogen and oxygen atoms in total. The minimum atomic E-state index is -0.158. The summed E-state index contributed by atoms with van der Waals surface area (Å²) in [5.41, 5.74) is 2.49. The van der Waals surface area contributed by atoms with Crippen LogP contribution in [0.2, 0.25) is 0 Å². The van der Waals surface area contributed by atoms with Gasteiger partial charge in [0.15, 0.2) is 0 Å². The van der Waals surface area contributed by atoms with Crippen LogP contribution in [-0.4, -0.2) is 10.9 Å². The first kappa shape index (κ1) is 15.1. The van der Waals surface area contributed by atoms with E-state index >= 15 is 0 Å². The van der Waals surface area contributed by atoms with Gasteiger partial charge in [0.2, 0.25) is 0 Å². The van der Waals surface area contributed by atoms with Gasteiger partial charge >= 0.3 is 0 Å². The molecule has 3 aromatic heterocycles. The zero-order chi connectivity index (χ0) is 16.7. The lowest BCUT2D eigenvalue weighted by molar-refractivity contribution is 0.102. The number of amides is 1. The molecule has 0 atom stereocenters. The molecular weight excluding hydrogens is 340 g/mol. The number of nitrogens with zero attached hydrogens (tertiary/aromatic N) is 1. The Labute approximate surface area is 146 Å². The van der Waals surface area contributed by atoms with Crippen molar-refractivity contribution < 1.29 is 9.21 Å². The second-order valence-corrected chi connectivity index (χ2v) is 7.38. The van der Waals surface area contributed by atoms with Crippen LogP contribution in [0.4, 0.5) is 5.00 Å². The minimum absolute atomic E-state index is 0.158. The molecule has 24 heavy (non-hydrogen) atoms. The number of hydrogen-bond acceptors (Lipinski definition) is 5. The number of fused-ring (bicyclic) bond motifs is 1. The van der Waals surface area contributed by atoms with Gasteiger partial charge in [-0.1, -0.05) is 12.1 Å². The summed E-state index contributed by atoms with van der Waals surface area (Å²) in [5.74, 6) is 1.20. The summed E-state index contributed by atoms with van der Waals surface area (Å²) in [6.45, 7) is 3.63. The molecule has 0 saturated carbocycles. The Morgan fingerprint density at radius 3 is 2.79 bits per heavy atom. The van der Waals surface area contributed by atoms with Crippen molar-refractivity contribution in [3.05, 3.63) is 58.9 Å². The highest BCUT2D eigenvalue weighted by Gasteiger charge is 2.18. The lowest BCUT2D eigenvalue weighted by Crippen LogP contribution is -2.11. The third-order valence-corrected chi connectivity index (χ3v) is 5.60. The average molecular weight is 354 g/mol. The van der Waals surface area contributed by atoms with Gasteiger partial charge in [0, 0.05) is 5.56 Å². The van der Waals surface area contributed by atoms with Gasteiger partial charge in [0.1, 0.15) is 21.5 Å². The number of hydrogen-bond donors (Lipinski definition) is 1. The van der Waals surface area contributed by atoms with E-state index in [4.69, 9.17) is 4.42 Å². The molecule has 1 N–H and O–H groups in total. The van der Waals surface area contributed by atoms with E-state index in [1.54, 1.807) is 24.3 Å². The number of benzene rings is 1.